The van der Waals surface area contributed by atoms with Crippen molar-refractivity contribution >= 4 is 18.0 Å². The molecule has 4 rings (SSSR count). The van der Waals surface area contributed by atoms with Crippen LogP contribution in [0.15, 0.2) is 48.5 Å². The molecule has 1 fully saturated rings. The molecule has 0 saturated carbocycles. The van der Waals surface area contributed by atoms with E-state index in [0.717, 1.165) is 41.5 Å². The Morgan fingerprint density at radius 2 is 1.74 bits per heavy atom. The number of hydrogen-bond donors (Lipinski definition) is 2. The van der Waals surface area contributed by atoms with Crippen LogP contribution in [0.1, 0.15) is 62.5 Å². The van der Waals surface area contributed by atoms with Gasteiger partial charge in [0, 0.05) is 18.5 Å². The van der Waals surface area contributed by atoms with E-state index in [1.54, 1.807) is 4.90 Å². The highest BCUT2D eigenvalue weighted by atomic mass is 16.5. The van der Waals surface area contributed by atoms with Crippen molar-refractivity contribution in [2.24, 2.45) is 0 Å². The highest BCUT2D eigenvalue weighted by molar-refractivity contribution is 5.86. The van der Waals surface area contributed by atoms with Gasteiger partial charge in [-0.05, 0) is 41.5 Å². The fourth-order valence-corrected chi connectivity index (χ4v) is 5.19. The molecule has 34 heavy (non-hydrogen) atoms. The highest BCUT2D eigenvalue weighted by Crippen LogP contribution is 2.44. The summed E-state index contributed by atoms with van der Waals surface area (Å²) < 4.78 is 5.64. The molecule has 2 aliphatic rings. The van der Waals surface area contributed by atoms with Gasteiger partial charge < -0.3 is 20.1 Å². The molecule has 1 saturated heterocycles. The summed E-state index contributed by atoms with van der Waals surface area (Å²) in [6.07, 6.45) is 2.91. The van der Waals surface area contributed by atoms with Crippen LogP contribution in [0.25, 0.3) is 11.1 Å². The van der Waals surface area contributed by atoms with E-state index in [1.807, 2.05) is 31.2 Å². The van der Waals surface area contributed by atoms with E-state index in [0.29, 0.717) is 19.4 Å². The number of hydrogen-bond acceptors (Lipinski definition) is 4. The minimum absolute atomic E-state index is 0.0542. The Hall–Kier alpha value is -3.35. The highest BCUT2D eigenvalue weighted by Gasteiger charge is 2.35. The lowest BCUT2D eigenvalue weighted by Crippen LogP contribution is -2.50. The average molecular weight is 465 g/mol. The topological polar surface area (TPSA) is 95.9 Å². The van der Waals surface area contributed by atoms with Gasteiger partial charge in [-0.15, -0.1) is 0 Å². The molecule has 1 aliphatic heterocycles. The number of likely N-dealkylation sites (tertiary alicyclic amines) is 1. The zero-order valence-corrected chi connectivity index (χ0v) is 19.5. The standard InChI is InChI=1S/C27H32N2O5/c1-2-3-14-24(26(32)29-15-8-9-18(29)16-25(30)31)28-27(33)34-17-23-21-12-6-4-10-19(21)20-11-5-7-13-22(20)23/h4-7,10-13,18,23-24H,2-3,8-9,14-17H2,1H3,(H,28,33)(H,30,31)/t18-,24+/m1/s1. The van der Waals surface area contributed by atoms with E-state index in [1.165, 1.54) is 0 Å². The van der Waals surface area contributed by atoms with Crippen LogP contribution in [0.3, 0.4) is 0 Å². The molecule has 2 atom stereocenters. The van der Waals surface area contributed by atoms with Gasteiger partial charge in [0.15, 0.2) is 0 Å². The molecule has 0 aromatic heterocycles. The Morgan fingerprint density at radius 1 is 1.09 bits per heavy atom. The zero-order valence-electron chi connectivity index (χ0n) is 19.5. The van der Waals surface area contributed by atoms with Crippen LogP contribution < -0.4 is 5.32 Å². The van der Waals surface area contributed by atoms with Crippen LogP contribution >= 0.6 is 0 Å². The molecule has 1 heterocycles. The third kappa shape index (κ3) is 5.08. The molecule has 0 unspecified atom stereocenters. The van der Waals surface area contributed by atoms with Crippen molar-refractivity contribution in [1.82, 2.24) is 10.2 Å². The Kier molecular flexibility index (Phi) is 7.50. The number of carbonyl (C=O) groups is 3. The van der Waals surface area contributed by atoms with Crippen molar-refractivity contribution in [2.45, 2.75) is 63.5 Å². The number of fused-ring (bicyclic) bond motifs is 3. The van der Waals surface area contributed by atoms with Crippen molar-refractivity contribution in [3.05, 3.63) is 59.7 Å². The first-order valence-corrected chi connectivity index (χ1v) is 12.1. The van der Waals surface area contributed by atoms with Gasteiger partial charge >= 0.3 is 12.1 Å². The van der Waals surface area contributed by atoms with Gasteiger partial charge in [-0.25, -0.2) is 4.79 Å². The number of amides is 2. The SMILES string of the molecule is CCCC[C@H](NC(=O)OCC1c2ccccc2-c2ccccc21)C(=O)N1CCC[C@@H]1CC(=O)O. The molecule has 2 N–H and O–H groups in total. The molecule has 2 amide bonds. The Morgan fingerprint density at radius 3 is 2.35 bits per heavy atom. The number of ether oxygens (including phenoxy) is 1. The number of nitrogens with zero attached hydrogens (tertiary/aromatic N) is 1. The minimum atomic E-state index is -0.917. The first kappa shape index (κ1) is 23.8. The summed E-state index contributed by atoms with van der Waals surface area (Å²) in [7, 11) is 0. The van der Waals surface area contributed by atoms with E-state index in [-0.39, 0.29) is 30.9 Å². The number of rotatable bonds is 9. The summed E-state index contributed by atoms with van der Waals surface area (Å²) in [5.41, 5.74) is 4.57. The van der Waals surface area contributed by atoms with Gasteiger partial charge in [0.05, 0.1) is 6.42 Å². The number of carboxylic acids is 1. The maximum atomic E-state index is 13.2. The van der Waals surface area contributed by atoms with Crippen LogP contribution in [0.4, 0.5) is 4.79 Å². The largest absolute Gasteiger partial charge is 0.481 e. The molecule has 2 aromatic carbocycles. The second-order valence-electron chi connectivity index (χ2n) is 9.09. The maximum absolute atomic E-state index is 13.2. The summed E-state index contributed by atoms with van der Waals surface area (Å²) in [4.78, 5) is 38.8. The number of alkyl carbamates (subject to hydrolysis) is 1. The van der Waals surface area contributed by atoms with Gasteiger partial charge in [0.25, 0.3) is 0 Å². The number of unbranched alkanes of at least 4 members (excludes halogenated alkanes) is 1. The average Bonchev–Trinajstić information content (AvgIpc) is 3.42. The predicted octanol–water partition coefficient (Wildman–Crippen LogP) is 4.55. The summed E-state index contributed by atoms with van der Waals surface area (Å²) in [5.74, 6) is -1.19. The van der Waals surface area contributed by atoms with E-state index >= 15 is 0 Å². The molecule has 0 bridgehead atoms. The normalized spacial score (nSPS) is 17.7. The number of nitrogens with one attached hydrogen (secondary N) is 1. The number of benzene rings is 2. The summed E-state index contributed by atoms with van der Waals surface area (Å²) in [5, 5.41) is 12.0. The molecular formula is C27H32N2O5. The molecule has 180 valence electrons. The first-order valence-electron chi connectivity index (χ1n) is 12.1. The van der Waals surface area contributed by atoms with E-state index in [4.69, 9.17) is 4.74 Å². The smallest absolute Gasteiger partial charge is 0.407 e. The quantitative estimate of drug-likeness (QED) is 0.568. The van der Waals surface area contributed by atoms with Crippen molar-refractivity contribution in [1.29, 1.82) is 0 Å². The third-order valence-electron chi connectivity index (χ3n) is 6.85. The van der Waals surface area contributed by atoms with Crippen LogP contribution in [0.5, 0.6) is 0 Å². The van der Waals surface area contributed by atoms with Gasteiger partial charge in [-0.2, -0.15) is 0 Å². The van der Waals surface area contributed by atoms with Crippen LogP contribution in [0, 0.1) is 0 Å². The third-order valence-corrected chi connectivity index (χ3v) is 6.85. The maximum Gasteiger partial charge on any atom is 0.407 e. The lowest BCUT2D eigenvalue weighted by molar-refractivity contribution is -0.140. The van der Waals surface area contributed by atoms with Gasteiger partial charge in [-0.1, -0.05) is 68.3 Å². The number of carboxylic acid groups (broad SMARTS) is 1. The van der Waals surface area contributed by atoms with Gasteiger partial charge in [-0.3, -0.25) is 9.59 Å². The monoisotopic (exact) mass is 464 g/mol. The summed E-state index contributed by atoms with van der Waals surface area (Å²) in [6.45, 7) is 2.73. The van der Waals surface area contributed by atoms with Gasteiger partial charge in [0.2, 0.25) is 5.91 Å². The molecule has 0 radical (unpaired) electrons. The molecule has 1 aliphatic carbocycles. The van der Waals surface area contributed by atoms with E-state index in [9.17, 15) is 19.5 Å². The zero-order chi connectivity index (χ0) is 24.1. The fourth-order valence-electron chi connectivity index (χ4n) is 5.19. The van der Waals surface area contributed by atoms with Crippen molar-refractivity contribution in [3.63, 3.8) is 0 Å². The summed E-state index contributed by atoms with van der Waals surface area (Å²) >= 11 is 0. The molecular weight excluding hydrogens is 432 g/mol. The van der Waals surface area contributed by atoms with E-state index < -0.39 is 18.1 Å². The molecule has 7 heteroatoms. The predicted molar refractivity (Wildman–Crippen MR) is 129 cm³/mol. The Balaban J connectivity index is 1.42. The number of carbonyl (C=O) groups excluding carboxylic acids is 2. The minimum Gasteiger partial charge on any atom is -0.481 e. The van der Waals surface area contributed by atoms with Gasteiger partial charge in [0.1, 0.15) is 12.6 Å². The molecule has 2 aromatic rings. The van der Waals surface area contributed by atoms with Crippen molar-refractivity contribution < 1.29 is 24.2 Å². The Labute approximate surface area is 200 Å². The Bertz CT molecular complexity index is 1010. The van der Waals surface area contributed by atoms with Crippen LogP contribution in [0.2, 0.25) is 0 Å². The molecule has 7 nitrogen and oxygen atoms in total. The van der Waals surface area contributed by atoms with Crippen LogP contribution in [-0.4, -0.2) is 53.2 Å². The molecule has 0 spiro atoms. The van der Waals surface area contributed by atoms with Crippen molar-refractivity contribution in [3.8, 4) is 11.1 Å². The second kappa shape index (κ2) is 10.7. The number of aliphatic carboxylic acids is 1. The van der Waals surface area contributed by atoms with Crippen LogP contribution in [-0.2, 0) is 14.3 Å². The lowest BCUT2D eigenvalue weighted by atomic mass is 9.98. The summed E-state index contributed by atoms with van der Waals surface area (Å²) in [6, 6.07) is 15.2. The second-order valence-corrected chi connectivity index (χ2v) is 9.09. The van der Waals surface area contributed by atoms with E-state index in [2.05, 4.69) is 29.6 Å². The first-order chi connectivity index (χ1) is 16.5. The van der Waals surface area contributed by atoms with Crippen molar-refractivity contribution in [2.75, 3.05) is 13.2 Å². The fraction of sp³-hybridized carbons (Fsp3) is 0.444. The lowest BCUT2D eigenvalue weighted by Gasteiger charge is -2.28.